The third kappa shape index (κ3) is 7.21. The summed E-state index contributed by atoms with van der Waals surface area (Å²) in [5.74, 6) is -1.97. The van der Waals surface area contributed by atoms with Gasteiger partial charge in [0.1, 0.15) is 0 Å². The number of hydrogen-bond acceptors (Lipinski definition) is 9. The number of carbonyl (C=O) groups excluding carboxylic acids is 3. The highest BCUT2D eigenvalue weighted by atomic mass is 31.2. The van der Waals surface area contributed by atoms with Gasteiger partial charge in [0.2, 0.25) is 12.2 Å². The number of carbonyl (C=O) groups is 3. The molecule has 1 amide bonds. The largest absolute Gasteiger partial charge is 0.478 e. The lowest BCUT2D eigenvalue weighted by Crippen LogP contribution is -2.50. The van der Waals surface area contributed by atoms with Gasteiger partial charge < -0.3 is 14.8 Å². The van der Waals surface area contributed by atoms with E-state index in [4.69, 9.17) is 18.3 Å². The first-order valence-corrected chi connectivity index (χ1v) is 10.0. The molecule has 0 aromatic rings. The van der Waals surface area contributed by atoms with Crippen LogP contribution < -0.4 is 5.32 Å². The molecule has 27 heavy (non-hydrogen) atoms. The molecule has 11 heteroatoms. The number of phosphoric acid groups is 1. The Morgan fingerprint density at radius 2 is 1.89 bits per heavy atom. The number of hydrogen-bond donors (Lipinski definition) is 1. The molecule has 0 saturated carbocycles. The Labute approximate surface area is 158 Å². The van der Waals surface area contributed by atoms with Crippen LogP contribution in [0.2, 0.25) is 0 Å². The normalized spacial score (nSPS) is 25.5. The van der Waals surface area contributed by atoms with Crippen LogP contribution >= 0.6 is 7.82 Å². The number of ether oxygens (including phenoxy) is 2. The van der Waals surface area contributed by atoms with Crippen molar-refractivity contribution in [3.63, 3.8) is 0 Å². The summed E-state index contributed by atoms with van der Waals surface area (Å²) in [6, 6.07) is 0. The van der Waals surface area contributed by atoms with E-state index >= 15 is 0 Å². The minimum absolute atomic E-state index is 0.0117. The SMILES string of the molecule is COC(=O)CCNC(=O)[C@@H]1OP(=O)(OC(C)OC(=O)C(C)C)OCC1(C)C. The predicted octanol–water partition coefficient (Wildman–Crippen LogP) is 1.78. The second-order valence-electron chi connectivity index (χ2n) is 7.08. The van der Waals surface area contributed by atoms with E-state index in [1.165, 1.54) is 14.0 Å². The molecule has 1 fully saturated rings. The van der Waals surface area contributed by atoms with Crippen molar-refractivity contribution in [2.75, 3.05) is 20.3 Å². The lowest BCUT2D eigenvalue weighted by Gasteiger charge is -2.39. The fraction of sp³-hybridized carbons (Fsp3) is 0.812. The number of methoxy groups -OCH3 is 1. The van der Waals surface area contributed by atoms with Crippen molar-refractivity contribution in [2.24, 2.45) is 11.3 Å². The summed E-state index contributed by atoms with van der Waals surface area (Å²) in [5.41, 5.74) is -0.801. The molecule has 0 aromatic carbocycles. The van der Waals surface area contributed by atoms with Crippen molar-refractivity contribution >= 4 is 25.7 Å². The lowest BCUT2D eigenvalue weighted by atomic mass is 9.87. The zero-order valence-electron chi connectivity index (χ0n) is 16.5. The summed E-state index contributed by atoms with van der Waals surface area (Å²) in [6.45, 7) is 8.01. The van der Waals surface area contributed by atoms with Crippen molar-refractivity contribution in [2.45, 2.75) is 53.4 Å². The van der Waals surface area contributed by atoms with E-state index in [9.17, 15) is 18.9 Å². The average molecular weight is 409 g/mol. The summed E-state index contributed by atoms with van der Waals surface area (Å²) in [7, 11) is -2.89. The van der Waals surface area contributed by atoms with Crippen LogP contribution in [0.15, 0.2) is 0 Å². The fourth-order valence-corrected chi connectivity index (χ4v) is 3.78. The van der Waals surface area contributed by atoms with Gasteiger partial charge in [0, 0.05) is 12.0 Å². The zero-order chi connectivity index (χ0) is 20.8. The second-order valence-corrected chi connectivity index (χ2v) is 8.65. The zero-order valence-corrected chi connectivity index (χ0v) is 17.4. The first-order valence-electron chi connectivity index (χ1n) is 8.56. The molecule has 1 N–H and O–H groups in total. The monoisotopic (exact) mass is 409 g/mol. The predicted molar refractivity (Wildman–Crippen MR) is 93.3 cm³/mol. The van der Waals surface area contributed by atoms with E-state index in [2.05, 4.69) is 10.1 Å². The Balaban J connectivity index is 2.72. The van der Waals surface area contributed by atoms with E-state index in [0.29, 0.717) is 0 Å². The van der Waals surface area contributed by atoms with Gasteiger partial charge in [0.15, 0.2) is 6.10 Å². The van der Waals surface area contributed by atoms with Crippen LogP contribution in [0.25, 0.3) is 0 Å². The van der Waals surface area contributed by atoms with Crippen molar-refractivity contribution in [3.05, 3.63) is 0 Å². The van der Waals surface area contributed by atoms with Crippen LogP contribution in [0.1, 0.15) is 41.0 Å². The molecule has 0 aromatic heterocycles. The van der Waals surface area contributed by atoms with Crippen molar-refractivity contribution in [3.8, 4) is 0 Å². The van der Waals surface area contributed by atoms with Gasteiger partial charge >= 0.3 is 19.8 Å². The molecule has 2 unspecified atom stereocenters. The molecule has 156 valence electrons. The molecular formula is C16H28NO9P. The number of rotatable bonds is 8. The Morgan fingerprint density at radius 3 is 2.44 bits per heavy atom. The van der Waals surface area contributed by atoms with Crippen molar-refractivity contribution in [1.82, 2.24) is 5.32 Å². The van der Waals surface area contributed by atoms with Gasteiger partial charge in [-0.2, -0.15) is 0 Å². The van der Waals surface area contributed by atoms with Gasteiger partial charge in [-0.05, 0) is 6.92 Å². The molecule has 0 bridgehead atoms. The Morgan fingerprint density at radius 1 is 1.26 bits per heavy atom. The number of amides is 1. The van der Waals surface area contributed by atoms with E-state index < -0.39 is 49.4 Å². The fourth-order valence-electron chi connectivity index (χ4n) is 2.07. The molecule has 1 heterocycles. The molecule has 0 aliphatic carbocycles. The Bertz CT molecular complexity index is 605. The van der Waals surface area contributed by atoms with Crippen LogP contribution in [0.5, 0.6) is 0 Å². The van der Waals surface area contributed by atoms with Gasteiger partial charge in [0.25, 0.3) is 0 Å². The molecular weight excluding hydrogens is 381 g/mol. The maximum absolute atomic E-state index is 12.7. The molecule has 3 atom stereocenters. The summed E-state index contributed by atoms with van der Waals surface area (Å²) in [5, 5.41) is 2.53. The van der Waals surface area contributed by atoms with Crippen molar-refractivity contribution < 1.29 is 42.0 Å². The highest BCUT2D eigenvalue weighted by Crippen LogP contribution is 2.57. The standard InChI is InChI=1S/C16H28NO9P/c1-10(2)15(20)24-11(3)25-27(21)23-9-16(4,5)13(26-27)14(19)17-8-7-12(18)22-6/h10-11,13H,7-9H2,1-6H3,(H,17,19)/t11?,13-,27?/m0/s1. The second kappa shape index (κ2) is 9.64. The minimum atomic E-state index is -4.13. The van der Waals surface area contributed by atoms with Crippen LogP contribution in [-0.4, -0.2) is 50.5 Å². The first-order chi connectivity index (χ1) is 12.4. The van der Waals surface area contributed by atoms with E-state index in [-0.39, 0.29) is 19.6 Å². The van der Waals surface area contributed by atoms with E-state index in [1.807, 2.05) is 0 Å². The lowest BCUT2D eigenvalue weighted by molar-refractivity contribution is -0.172. The van der Waals surface area contributed by atoms with E-state index in [1.54, 1.807) is 27.7 Å². The third-order valence-electron chi connectivity index (χ3n) is 3.66. The highest BCUT2D eigenvalue weighted by Gasteiger charge is 2.50. The summed E-state index contributed by atoms with van der Waals surface area (Å²) < 4.78 is 37.9. The molecule has 1 saturated heterocycles. The molecule has 0 spiro atoms. The van der Waals surface area contributed by atoms with Gasteiger partial charge in [-0.3, -0.25) is 23.4 Å². The van der Waals surface area contributed by atoms with Gasteiger partial charge in [-0.1, -0.05) is 27.7 Å². The average Bonchev–Trinajstić information content (AvgIpc) is 2.56. The van der Waals surface area contributed by atoms with Crippen LogP contribution in [0.4, 0.5) is 0 Å². The van der Waals surface area contributed by atoms with Crippen molar-refractivity contribution in [1.29, 1.82) is 0 Å². The number of phosphoric ester groups is 1. The van der Waals surface area contributed by atoms with Gasteiger partial charge in [0.05, 0.1) is 26.1 Å². The first kappa shape index (κ1) is 23.6. The quantitative estimate of drug-likeness (QED) is 0.362. The Hall–Kier alpha value is -1.48. The third-order valence-corrected chi connectivity index (χ3v) is 5.13. The number of esters is 2. The maximum Gasteiger partial charge on any atom is 0.478 e. The maximum atomic E-state index is 12.7. The molecule has 0 radical (unpaired) electrons. The van der Waals surface area contributed by atoms with Crippen LogP contribution in [0.3, 0.4) is 0 Å². The van der Waals surface area contributed by atoms with Gasteiger partial charge in [-0.25, -0.2) is 9.09 Å². The molecule has 1 aliphatic heterocycles. The van der Waals surface area contributed by atoms with Crippen LogP contribution in [0, 0.1) is 11.3 Å². The number of nitrogens with one attached hydrogen (secondary N) is 1. The summed E-state index contributed by atoms with van der Waals surface area (Å²) in [4.78, 5) is 35.1. The highest BCUT2D eigenvalue weighted by molar-refractivity contribution is 7.48. The summed E-state index contributed by atoms with van der Waals surface area (Å²) in [6.07, 6.45) is -2.35. The van der Waals surface area contributed by atoms with E-state index in [0.717, 1.165) is 0 Å². The molecule has 1 rings (SSSR count). The smallest absolute Gasteiger partial charge is 0.469 e. The molecule has 1 aliphatic rings. The summed E-state index contributed by atoms with van der Waals surface area (Å²) >= 11 is 0. The Kier molecular flexibility index (Phi) is 8.41. The molecule has 10 nitrogen and oxygen atoms in total. The van der Waals surface area contributed by atoms with Gasteiger partial charge in [-0.15, -0.1) is 0 Å². The minimum Gasteiger partial charge on any atom is -0.469 e. The van der Waals surface area contributed by atoms with Crippen LogP contribution in [-0.2, 0) is 42.0 Å². The topological polar surface area (TPSA) is 126 Å².